The van der Waals surface area contributed by atoms with Gasteiger partial charge >= 0.3 is 0 Å². The highest BCUT2D eigenvalue weighted by Crippen LogP contribution is 2.17. The summed E-state index contributed by atoms with van der Waals surface area (Å²) in [4.78, 5) is 4.21. The van der Waals surface area contributed by atoms with Crippen LogP contribution >= 0.6 is 0 Å². The molecule has 0 saturated heterocycles. The summed E-state index contributed by atoms with van der Waals surface area (Å²) >= 11 is 0. The van der Waals surface area contributed by atoms with E-state index in [4.69, 9.17) is 5.73 Å². The van der Waals surface area contributed by atoms with Gasteiger partial charge in [-0.2, -0.15) is 0 Å². The Morgan fingerprint density at radius 2 is 2.21 bits per heavy atom. The topological polar surface area (TPSA) is 59.1 Å². The minimum atomic E-state index is -0.596. The summed E-state index contributed by atoms with van der Waals surface area (Å²) in [7, 11) is 0. The minimum Gasteiger partial charge on any atom is -0.387 e. The van der Waals surface area contributed by atoms with E-state index < -0.39 is 6.10 Å². The fraction of sp³-hybridized carbons (Fsp3) is 0.182. The van der Waals surface area contributed by atoms with Gasteiger partial charge in [-0.3, -0.25) is 4.98 Å². The van der Waals surface area contributed by atoms with Crippen molar-refractivity contribution < 1.29 is 5.11 Å². The van der Waals surface area contributed by atoms with Gasteiger partial charge in [-0.15, -0.1) is 0 Å². The quantitative estimate of drug-likeness (QED) is 0.745. The van der Waals surface area contributed by atoms with Gasteiger partial charge in [0.15, 0.2) is 0 Å². The van der Waals surface area contributed by atoms with Crippen molar-refractivity contribution in [2.24, 2.45) is 5.73 Å². The van der Waals surface area contributed by atoms with Gasteiger partial charge in [0.1, 0.15) is 0 Å². The first-order valence-electron chi connectivity index (χ1n) is 4.54. The van der Waals surface area contributed by atoms with Crippen molar-refractivity contribution in [3.8, 4) is 0 Å². The molecule has 2 rings (SSSR count). The van der Waals surface area contributed by atoms with Crippen LogP contribution in [0.25, 0.3) is 10.9 Å². The number of aliphatic hydroxyl groups is 1. The van der Waals surface area contributed by atoms with Gasteiger partial charge in [0.25, 0.3) is 0 Å². The van der Waals surface area contributed by atoms with Crippen LogP contribution in [-0.4, -0.2) is 16.6 Å². The van der Waals surface area contributed by atoms with Crippen LogP contribution in [0.15, 0.2) is 36.5 Å². The number of pyridine rings is 1. The lowest BCUT2D eigenvalue weighted by Gasteiger charge is -2.08. The highest BCUT2D eigenvalue weighted by molar-refractivity contribution is 5.78. The summed E-state index contributed by atoms with van der Waals surface area (Å²) in [6.45, 7) is 0.234. The average Bonchev–Trinajstić information content (AvgIpc) is 2.27. The standard InChI is InChI=1S/C11H12N2O/c12-7-11(14)9-4-3-8-2-1-5-13-10(8)6-9/h1-6,11,14H,7,12H2. The Morgan fingerprint density at radius 1 is 1.36 bits per heavy atom. The molecule has 0 aliphatic heterocycles. The number of rotatable bonds is 2. The molecule has 0 radical (unpaired) electrons. The predicted molar refractivity (Wildman–Crippen MR) is 55.8 cm³/mol. The number of aromatic nitrogens is 1. The maximum absolute atomic E-state index is 9.54. The SMILES string of the molecule is NCC(O)c1ccc2cccnc2c1. The Hall–Kier alpha value is -1.45. The average molecular weight is 188 g/mol. The molecule has 1 aromatic carbocycles. The van der Waals surface area contributed by atoms with E-state index in [1.54, 1.807) is 6.20 Å². The molecule has 14 heavy (non-hydrogen) atoms. The van der Waals surface area contributed by atoms with Crippen molar-refractivity contribution in [2.45, 2.75) is 6.10 Å². The fourth-order valence-corrected chi connectivity index (χ4v) is 1.43. The van der Waals surface area contributed by atoms with E-state index in [2.05, 4.69) is 4.98 Å². The van der Waals surface area contributed by atoms with Crippen molar-refractivity contribution in [2.75, 3.05) is 6.54 Å². The number of benzene rings is 1. The van der Waals surface area contributed by atoms with E-state index in [0.29, 0.717) is 0 Å². The van der Waals surface area contributed by atoms with Gasteiger partial charge in [0, 0.05) is 18.1 Å². The van der Waals surface area contributed by atoms with Gasteiger partial charge in [0.2, 0.25) is 0 Å². The molecule has 1 unspecified atom stereocenters. The third kappa shape index (κ3) is 1.60. The second-order valence-corrected chi connectivity index (χ2v) is 3.21. The lowest BCUT2D eigenvalue weighted by molar-refractivity contribution is 0.187. The summed E-state index contributed by atoms with van der Waals surface area (Å²) in [5.74, 6) is 0. The summed E-state index contributed by atoms with van der Waals surface area (Å²) < 4.78 is 0. The van der Waals surface area contributed by atoms with Crippen LogP contribution in [0, 0.1) is 0 Å². The van der Waals surface area contributed by atoms with E-state index in [1.165, 1.54) is 0 Å². The summed E-state index contributed by atoms with van der Waals surface area (Å²) in [6, 6.07) is 9.56. The van der Waals surface area contributed by atoms with Gasteiger partial charge in [-0.25, -0.2) is 0 Å². The highest BCUT2D eigenvalue weighted by Gasteiger charge is 2.05. The number of nitrogens with zero attached hydrogens (tertiary/aromatic N) is 1. The molecule has 0 fully saturated rings. The predicted octanol–water partition coefficient (Wildman–Crippen LogP) is 1.23. The van der Waals surface area contributed by atoms with Crippen molar-refractivity contribution >= 4 is 10.9 Å². The molecule has 1 heterocycles. The monoisotopic (exact) mass is 188 g/mol. The Morgan fingerprint density at radius 3 is 3.00 bits per heavy atom. The van der Waals surface area contributed by atoms with Gasteiger partial charge in [0.05, 0.1) is 11.6 Å². The molecule has 3 heteroatoms. The first-order valence-corrected chi connectivity index (χ1v) is 4.54. The number of hydrogen-bond donors (Lipinski definition) is 2. The smallest absolute Gasteiger partial charge is 0.0913 e. The Balaban J connectivity index is 2.51. The van der Waals surface area contributed by atoms with E-state index >= 15 is 0 Å². The van der Waals surface area contributed by atoms with E-state index in [-0.39, 0.29) is 6.54 Å². The first-order chi connectivity index (χ1) is 6.81. The maximum Gasteiger partial charge on any atom is 0.0913 e. The van der Waals surface area contributed by atoms with Crippen molar-refractivity contribution in [1.29, 1.82) is 0 Å². The van der Waals surface area contributed by atoms with Crippen LogP contribution in [0.5, 0.6) is 0 Å². The van der Waals surface area contributed by atoms with E-state index in [9.17, 15) is 5.11 Å². The second-order valence-electron chi connectivity index (χ2n) is 3.21. The van der Waals surface area contributed by atoms with Gasteiger partial charge in [-0.1, -0.05) is 18.2 Å². The zero-order valence-electron chi connectivity index (χ0n) is 7.72. The molecule has 72 valence electrons. The molecule has 0 amide bonds. The van der Waals surface area contributed by atoms with Crippen molar-refractivity contribution in [3.05, 3.63) is 42.1 Å². The largest absolute Gasteiger partial charge is 0.387 e. The normalized spacial score (nSPS) is 13.0. The molecule has 0 bridgehead atoms. The zero-order chi connectivity index (χ0) is 9.97. The van der Waals surface area contributed by atoms with Crippen LogP contribution in [0.1, 0.15) is 11.7 Å². The van der Waals surface area contributed by atoms with Crippen LogP contribution in [0.2, 0.25) is 0 Å². The van der Waals surface area contributed by atoms with Crippen LogP contribution in [0.3, 0.4) is 0 Å². The number of nitrogens with two attached hydrogens (primary N) is 1. The Kier molecular flexibility index (Phi) is 2.43. The third-order valence-corrected chi connectivity index (χ3v) is 2.24. The van der Waals surface area contributed by atoms with Crippen LogP contribution in [-0.2, 0) is 0 Å². The summed E-state index contributed by atoms with van der Waals surface area (Å²) in [5.41, 5.74) is 7.08. The van der Waals surface area contributed by atoms with Gasteiger partial charge in [-0.05, 0) is 17.7 Å². The third-order valence-electron chi connectivity index (χ3n) is 2.24. The summed E-state index contributed by atoms with van der Waals surface area (Å²) in [5, 5.41) is 10.6. The first kappa shape index (κ1) is 9.12. The second kappa shape index (κ2) is 3.74. The molecule has 1 aromatic heterocycles. The Bertz CT molecular complexity index is 442. The minimum absolute atomic E-state index is 0.234. The lowest BCUT2D eigenvalue weighted by Crippen LogP contribution is -2.11. The lowest BCUT2D eigenvalue weighted by atomic mass is 10.1. The van der Waals surface area contributed by atoms with Crippen molar-refractivity contribution in [3.63, 3.8) is 0 Å². The Labute approximate surface area is 82.2 Å². The molecule has 2 aromatic rings. The molecule has 0 saturated carbocycles. The number of fused-ring (bicyclic) bond motifs is 1. The molecule has 0 spiro atoms. The highest BCUT2D eigenvalue weighted by atomic mass is 16.3. The summed E-state index contributed by atoms with van der Waals surface area (Å²) in [6.07, 6.45) is 1.14. The maximum atomic E-state index is 9.54. The molecular weight excluding hydrogens is 176 g/mol. The van der Waals surface area contributed by atoms with Crippen molar-refractivity contribution in [1.82, 2.24) is 4.98 Å². The van der Waals surface area contributed by atoms with E-state index in [1.807, 2.05) is 30.3 Å². The molecule has 0 aliphatic rings. The zero-order valence-corrected chi connectivity index (χ0v) is 7.72. The molecule has 0 aliphatic carbocycles. The van der Waals surface area contributed by atoms with Crippen LogP contribution in [0.4, 0.5) is 0 Å². The fourth-order valence-electron chi connectivity index (χ4n) is 1.43. The van der Waals surface area contributed by atoms with E-state index in [0.717, 1.165) is 16.5 Å². The molecule has 3 N–H and O–H groups in total. The number of hydrogen-bond acceptors (Lipinski definition) is 3. The molecule has 1 atom stereocenters. The molecular formula is C11H12N2O. The van der Waals surface area contributed by atoms with Gasteiger partial charge < -0.3 is 10.8 Å². The van der Waals surface area contributed by atoms with Crippen LogP contribution < -0.4 is 5.73 Å². The molecule has 3 nitrogen and oxygen atoms in total. The number of aliphatic hydroxyl groups excluding tert-OH is 1.